The predicted molar refractivity (Wildman–Crippen MR) is 172 cm³/mol. The monoisotopic (exact) mass is 578 g/mol. The van der Waals surface area contributed by atoms with Gasteiger partial charge in [0.05, 0.1) is 11.8 Å². The number of nitrogens with zero attached hydrogens (tertiary/aromatic N) is 2. The van der Waals surface area contributed by atoms with E-state index in [9.17, 15) is 4.79 Å². The molecule has 0 spiro atoms. The van der Waals surface area contributed by atoms with Crippen LogP contribution in [0, 0.1) is 11.8 Å². The maximum absolute atomic E-state index is 15.6. The van der Waals surface area contributed by atoms with Crippen molar-refractivity contribution in [1.29, 1.82) is 0 Å². The van der Waals surface area contributed by atoms with E-state index in [0.29, 0.717) is 24.1 Å². The number of amidine groups is 1. The van der Waals surface area contributed by atoms with E-state index in [1.54, 1.807) is 20.1 Å². The topological polar surface area (TPSA) is 53.9 Å². The van der Waals surface area contributed by atoms with E-state index in [2.05, 4.69) is 60.5 Å². The molecule has 1 radical (unpaired) electrons. The fraction of sp³-hybridized carbons (Fsp3) is 0.378. The van der Waals surface area contributed by atoms with E-state index < -0.39 is 5.67 Å². The van der Waals surface area contributed by atoms with Gasteiger partial charge in [-0.25, -0.2) is 9.38 Å². The van der Waals surface area contributed by atoms with Crippen LogP contribution in [0.3, 0.4) is 0 Å². The summed E-state index contributed by atoms with van der Waals surface area (Å²) in [5.41, 5.74) is 4.66. The lowest BCUT2D eigenvalue weighted by Crippen LogP contribution is -2.40. The highest BCUT2D eigenvalue weighted by atomic mass is 19.1. The maximum Gasteiger partial charge on any atom is 0.251 e. The predicted octanol–water partition coefficient (Wildman–Crippen LogP) is 5.40. The Morgan fingerprint density at radius 1 is 1.19 bits per heavy atom. The number of allylic oxidation sites excluding steroid dienone is 3. The molecule has 1 aliphatic heterocycles. The first-order valence-corrected chi connectivity index (χ1v) is 15.3. The summed E-state index contributed by atoms with van der Waals surface area (Å²) < 4.78 is 21.2. The van der Waals surface area contributed by atoms with Crippen LogP contribution in [-0.4, -0.2) is 49.5 Å². The number of ether oxygens (including phenoxy) is 1. The number of fused-ring (bicyclic) bond motifs is 2. The van der Waals surface area contributed by atoms with Crippen LogP contribution in [0.4, 0.5) is 4.39 Å². The fourth-order valence-corrected chi connectivity index (χ4v) is 6.64. The van der Waals surface area contributed by atoms with Gasteiger partial charge in [0, 0.05) is 56.1 Å². The number of amides is 1. The highest BCUT2D eigenvalue weighted by Gasteiger charge is 2.39. The number of carbonyl (C=O) groups is 1. The standard InChI is InChI=1S/C37H41FN3O2/c1-6-33(40-34(7-2)41-15-13-31(22-41)43-5)26-10-8-24-12-14-36(3,20-29(24)17-26)23-39-35(42)27-11-9-25-16-28-18-30(28)21-37(4,38)32(25)19-27/h6-12,17-20,31H,2,13-16,21-23H2,1,3-5H3,(H,39,42)/b33-6-,40-34?/t31-,36?,37-/m1/s1. The van der Waals surface area contributed by atoms with E-state index >= 15 is 4.39 Å². The zero-order chi connectivity index (χ0) is 30.4. The van der Waals surface area contributed by atoms with Crippen molar-refractivity contribution in [3.05, 3.63) is 105 Å². The highest BCUT2D eigenvalue weighted by Crippen LogP contribution is 2.48. The molecule has 1 unspecified atom stereocenters. The summed E-state index contributed by atoms with van der Waals surface area (Å²) in [5.74, 6) is 0.682. The molecule has 3 aliphatic carbocycles. The smallest absolute Gasteiger partial charge is 0.251 e. The van der Waals surface area contributed by atoms with Gasteiger partial charge in [0.25, 0.3) is 5.91 Å². The van der Waals surface area contributed by atoms with Gasteiger partial charge >= 0.3 is 0 Å². The third-order valence-electron chi connectivity index (χ3n) is 9.34. The number of hydrogen-bond acceptors (Lipinski definition) is 3. The molecule has 1 saturated heterocycles. The zero-order valence-electron chi connectivity index (χ0n) is 25.7. The van der Waals surface area contributed by atoms with Gasteiger partial charge in [-0.2, -0.15) is 0 Å². The molecule has 3 atom stereocenters. The van der Waals surface area contributed by atoms with Crippen molar-refractivity contribution in [3.8, 4) is 0 Å². The zero-order valence-corrected chi connectivity index (χ0v) is 25.7. The van der Waals surface area contributed by atoms with Crippen molar-refractivity contribution in [2.24, 2.45) is 10.4 Å². The summed E-state index contributed by atoms with van der Waals surface area (Å²) in [6.07, 6.45) is 13.6. The number of benzene rings is 2. The number of nitrogens with one attached hydrogen (secondary N) is 1. The lowest BCUT2D eigenvalue weighted by molar-refractivity contribution is 0.0942. The summed E-state index contributed by atoms with van der Waals surface area (Å²) in [5, 5.41) is 5.44. The number of hydrogen-bond donors (Lipinski definition) is 1. The number of likely N-dealkylation sites (tertiary alicyclic amines) is 1. The first-order valence-electron chi connectivity index (χ1n) is 15.3. The molecular weight excluding hydrogens is 537 g/mol. The Balaban J connectivity index is 1.19. The number of alkyl halides is 1. The molecule has 6 rings (SSSR count). The van der Waals surface area contributed by atoms with Crippen molar-refractivity contribution < 1.29 is 13.9 Å². The molecule has 0 aromatic heterocycles. The molecule has 6 heteroatoms. The Labute approximate surface area is 254 Å². The molecule has 1 fully saturated rings. The minimum absolute atomic E-state index is 0.172. The minimum Gasteiger partial charge on any atom is -0.380 e. The van der Waals surface area contributed by atoms with E-state index in [1.807, 2.05) is 31.2 Å². The largest absolute Gasteiger partial charge is 0.380 e. The van der Waals surface area contributed by atoms with Gasteiger partial charge < -0.3 is 15.0 Å². The van der Waals surface area contributed by atoms with Gasteiger partial charge in [-0.1, -0.05) is 61.1 Å². The van der Waals surface area contributed by atoms with Crippen LogP contribution in [0.25, 0.3) is 17.8 Å². The molecular formula is C37H41FN3O2. The first kappa shape index (κ1) is 29.3. The van der Waals surface area contributed by atoms with Gasteiger partial charge in [0.2, 0.25) is 0 Å². The van der Waals surface area contributed by atoms with E-state index in [0.717, 1.165) is 65.8 Å². The number of halogens is 1. The summed E-state index contributed by atoms with van der Waals surface area (Å²) in [6, 6.07) is 11.9. The molecule has 0 bridgehead atoms. The second-order valence-corrected chi connectivity index (χ2v) is 12.8. The van der Waals surface area contributed by atoms with E-state index in [1.165, 1.54) is 10.8 Å². The van der Waals surface area contributed by atoms with Crippen LogP contribution in [0.5, 0.6) is 0 Å². The van der Waals surface area contributed by atoms with E-state index in [-0.39, 0.29) is 17.4 Å². The average Bonchev–Trinajstić information content (AvgIpc) is 3.54. The Hall–Kier alpha value is -3.77. The normalized spacial score (nSPS) is 26.4. The van der Waals surface area contributed by atoms with Crippen molar-refractivity contribution in [3.63, 3.8) is 0 Å². The fourth-order valence-electron chi connectivity index (χ4n) is 6.64. The van der Waals surface area contributed by atoms with Crippen molar-refractivity contribution in [2.45, 2.75) is 58.2 Å². The molecule has 1 N–H and O–H groups in total. The summed E-state index contributed by atoms with van der Waals surface area (Å²) >= 11 is 0. The second kappa shape index (κ2) is 11.4. The third kappa shape index (κ3) is 6.03. The van der Waals surface area contributed by atoms with Crippen LogP contribution in [-0.2, 0) is 16.8 Å². The van der Waals surface area contributed by atoms with Crippen LogP contribution in [0.15, 0.2) is 71.3 Å². The third-order valence-corrected chi connectivity index (χ3v) is 9.34. The Kier molecular flexibility index (Phi) is 7.76. The quantitative estimate of drug-likeness (QED) is 0.354. The molecule has 0 saturated carbocycles. The van der Waals surface area contributed by atoms with Crippen molar-refractivity contribution in [1.82, 2.24) is 10.2 Å². The molecule has 1 amide bonds. The van der Waals surface area contributed by atoms with Gasteiger partial charge in [-0.15, -0.1) is 0 Å². The summed E-state index contributed by atoms with van der Waals surface area (Å²) in [4.78, 5) is 20.5. The average molecular weight is 579 g/mol. The van der Waals surface area contributed by atoms with E-state index in [4.69, 9.17) is 9.73 Å². The molecule has 5 nitrogen and oxygen atoms in total. The molecule has 223 valence electrons. The lowest BCUT2D eigenvalue weighted by atomic mass is 9.82. The van der Waals surface area contributed by atoms with Gasteiger partial charge in [0.15, 0.2) is 0 Å². The number of rotatable bonds is 7. The lowest BCUT2D eigenvalue weighted by Gasteiger charge is -2.28. The van der Waals surface area contributed by atoms with Crippen LogP contribution in [0.2, 0.25) is 0 Å². The van der Waals surface area contributed by atoms with Crippen LogP contribution >= 0.6 is 0 Å². The highest BCUT2D eigenvalue weighted by molar-refractivity contribution is 5.96. The Bertz CT molecular complexity index is 1700. The summed E-state index contributed by atoms with van der Waals surface area (Å²) in [6.45, 7) is 12.0. The van der Waals surface area contributed by atoms with Crippen LogP contribution in [0.1, 0.15) is 67.1 Å². The number of aliphatic imine (C=N–C) groups is 1. The number of methoxy groups -OCH3 is 1. The molecule has 1 heterocycles. The molecule has 2 aromatic carbocycles. The molecule has 43 heavy (non-hydrogen) atoms. The number of carbonyl (C=O) groups excluding carboxylic acids is 1. The molecule has 4 aliphatic rings. The SMILES string of the molecule is C=CC(=N/C(=C\C)c1ccc2c(c1)=CC(C)(CNC(=O)c1ccc3c(c1)[C@](C)(F)CC1=C([CH]1)C3)CC=2)N1CC[C@@H](OC)C1. The van der Waals surface area contributed by atoms with Gasteiger partial charge in [-0.05, 0) is 78.9 Å². The van der Waals surface area contributed by atoms with Gasteiger partial charge in [0.1, 0.15) is 11.5 Å². The van der Waals surface area contributed by atoms with Gasteiger partial charge in [-0.3, -0.25) is 4.79 Å². The first-order chi connectivity index (χ1) is 20.6. The maximum atomic E-state index is 15.6. The summed E-state index contributed by atoms with van der Waals surface area (Å²) in [7, 11) is 1.76. The Morgan fingerprint density at radius 3 is 2.74 bits per heavy atom. The second-order valence-electron chi connectivity index (χ2n) is 12.8. The van der Waals surface area contributed by atoms with Crippen molar-refractivity contribution >= 4 is 29.6 Å². The Morgan fingerprint density at radius 2 is 2.00 bits per heavy atom. The minimum atomic E-state index is -1.47. The van der Waals surface area contributed by atoms with Crippen LogP contribution < -0.4 is 15.8 Å². The molecule has 2 aromatic rings. The van der Waals surface area contributed by atoms with Crippen molar-refractivity contribution in [2.75, 3.05) is 26.7 Å².